The van der Waals surface area contributed by atoms with Gasteiger partial charge in [-0.1, -0.05) is 48.6 Å². The number of hydrogen-bond donors (Lipinski definition) is 1. The van der Waals surface area contributed by atoms with Gasteiger partial charge < -0.3 is 14.8 Å². The maximum absolute atomic E-state index is 12.3. The smallest absolute Gasteiger partial charge is 0.262 e. The molecule has 5 heteroatoms. The molecule has 0 bridgehead atoms. The third-order valence-corrected chi connectivity index (χ3v) is 3.97. The molecule has 5 nitrogen and oxygen atoms in total. The first kappa shape index (κ1) is 19.8. The number of hydrogen-bond acceptors (Lipinski definition) is 4. The van der Waals surface area contributed by atoms with E-state index in [1.165, 1.54) is 6.08 Å². The molecule has 1 atom stereocenters. The van der Waals surface area contributed by atoms with Gasteiger partial charge in [-0.3, -0.25) is 4.79 Å². The van der Waals surface area contributed by atoms with E-state index < -0.39 is 5.91 Å². The van der Waals surface area contributed by atoms with Gasteiger partial charge in [0, 0.05) is 0 Å². The molecule has 2 aromatic carbocycles. The molecule has 2 aromatic rings. The van der Waals surface area contributed by atoms with E-state index in [2.05, 4.69) is 5.32 Å². The second-order valence-electron chi connectivity index (χ2n) is 5.77. The Bertz CT molecular complexity index is 880. The minimum atomic E-state index is -0.411. The summed E-state index contributed by atoms with van der Waals surface area (Å²) in [6, 6.07) is 16.8. The van der Waals surface area contributed by atoms with Crippen LogP contribution in [0.25, 0.3) is 6.08 Å². The van der Waals surface area contributed by atoms with Gasteiger partial charge in [0.05, 0.1) is 20.3 Å². The molecule has 0 aliphatic carbocycles. The summed E-state index contributed by atoms with van der Waals surface area (Å²) in [5, 5.41) is 12.1. The molecule has 0 fully saturated rings. The standard InChI is InChI=1S/C22H22N2O3/c1-16(18-9-5-4-6-10-18)24-22(25)19(15-23)11-7-8-17-12-13-20(26-2)21(14-17)27-3/h4-14,16H,1-3H3,(H,24,25). The molecule has 0 radical (unpaired) electrons. The quantitative estimate of drug-likeness (QED) is 0.458. The number of carbonyl (C=O) groups excluding carboxylic acids is 1. The van der Waals surface area contributed by atoms with Crippen LogP contribution in [0.15, 0.2) is 66.3 Å². The zero-order valence-electron chi connectivity index (χ0n) is 15.6. The maximum Gasteiger partial charge on any atom is 0.262 e. The van der Waals surface area contributed by atoms with Crippen LogP contribution in [-0.4, -0.2) is 20.1 Å². The molecular weight excluding hydrogens is 340 g/mol. The first-order valence-corrected chi connectivity index (χ1v) is 8.45. The Morgan fingerprint density at radius 3 is 2.44 bits per heavy atom. The lowest BCUT2D eigenvalue weighted by Crippen LogP contribution is -2.27. The van der Waals surface area contributed by atoms with Gasteiger partial charge >= 0.3 is 0 Å². The molecule has 138 valence electrons. The van der Waals surface area contributed by atoms with Gasteiger partial charge in [0.25, 0.3) is 5.91 Å². The molecule has 0 saturated heterocycles. The monoisotopic (exact) mass is 362 g/mol. The fraction of sp³-hybridized carbons (Fsp3) is 0.182. The van der Waals surface area contributed by atoms with Crippen LogP contribution in [0.5, 0.6) is 11.5 Å². The third-order valence-electron chi connectivity index (χ3n) is 3.97. The first-order chi connectivity index (χ1) is 13.1. The Balaban J connectivity index is 2.08. The topological polar surface area (TPSA) is 71.3 Å². The second-order valence-corrected chi connectivity index (χ2v) is 5.77. The fourth-order valence-corrected chi connectivity index (χ4v) is 2.48. The predicted octanol–water partition coefficient (Wildman–Crippen LogP) is 4.04. The minimum absolute atomic E-state index is 0.0366. The summed E-state index contributed by atoms with van der Waals surface area (Å²) in [5.74, 6) is 0.835. The number of amides is 1. The number of nitrogens with one attached hydrogen (secondary N) is 1. The van der Waals surface area contributed by atoms with Crippen molar-refractivity contribution in [2.24, 2.45) is 0 Å². The largest absolute Gasteiger partial charge is 0.493 e. The first-order valence-electron chi connectivity index (χ1n) is 8.45. The summed E-state index contributed by atoms with van der Waals surface area (Å²) < 4.78 is 10.5. The molecule has 0 aliphatic heterocycles. The van der Waals surface area contributed by atoms with Crippen molar-refractivity contribution in [2.75, 3.05) is 14.2 Å². The van der Waals surface area contributed by atoms with Gasteiger partial charge in [0.15, 0.2) is 11.5 Å². The van der Waals surface area contributed by atoms with Crippen LogP contribution >= 0.6 is 0 Å². The third kappa shape index (κ3) is 5.48. The van der Waals surface area contributed by atoms with Crippen LogP contribution in [0.4, 0.5) is 0 Å². The van der Waals surface area contributed by atoms with Crippen molar-refractivity contribution in [1.29, 1.82) is 5.26 Å². The highest BCUT2D eigenvalue weighted by atomic mass is 16.5. The van der Waals surface area contributed by atoms with E-state index in [1.807, 2.05) is 55.5 Å². The summed E-state index contributed by atoms with van der Waals surface area (Å²) in [6.07, 6.45) is 4.93. The van der Waals surface area contributed by atoms with E-state index in [0.29, 0.717) is 11.5 Å². The zero-order valence-corrected chi connectivity index (χ0v) is 15.6. The normalized spacial score (nSPS) is 12.3. The van der Waals surface area contributed by atoms with Crippen molar-refractivity contribution in [1.82, 2.24) is 5.32 Å². The zero-order chi connectivity index (χ0) is 19.6. The van der Waals surface area contributed by atoms with E-state index in [1.54, 1.807) is 32.4 Å². The molecule has 1 N–H and O–H groups in total. The predicted molar refractivity (Wildman–Crippen MR) is 105 cm³/mol. The second kappa shape index (κ2) is 9.83. The molecule has 0 heterocycles. The SMILES string of the molecule is COc1ccc(C=CC=C(C#N)C(=O)NC(C)c2ccccc2)cc1OC. The van der Waals surface area contributed by atoms with E-state index in [-0.39, 0.29) is 11.6 Å². The molecule has 0 aliphatic rings. The van der Waals surface area contributed by atoms with E-state index in [9.17, 15) is 10.1 Å². The lowest BCUT2D eigenvalue weighted by molar-refractivity contribution is -0.117. The van der Waals surface area contributed by atoms with Crippen molar-refractivity contribution in [3.63, 3.8) is 0 Å². The Kier molecular flexibility index (Phi) is 7.21. The van der Waals surface area contributed by atoms with E-state index >= 15 is 0 Å². The number of carbonyl (C=O) groups is 1. The maximum atomic E-state index is 12.3. The summed E-state index contributed by atoms with van der Waals surface area (Å²) in [5.41, 5.74) is 1.87. The molecule has 1 amide bonds. The van der Waals surface area contributed by atoms with Gasteiger partial charge in [0.1, 0.15) is 11.6 Å². The molecule has 0 aromatic heterocycles. The van der Waals surface area contributed by atoms with Gasteiger partial charge in [-0.05, 0) is 36.3 Å². The number of nitrogens with zero attached hydrogens (tertiary/aromatic N) is 1. The molecule has 27 heavy (non-hydrogen) atoms. The molecular formula is C22H22N2O3. The van der Waals surface area contributed by atoms with Crippen LogP contribution in [0, 0.1) is 11.3 Å². The average molecular weight is 362 g/mol. The number of allylic oxidation sites excluding steroid dienone is 2. The summed E-state index contributed by atoms with van der Waals surface area (Å²) in [6.45, 7) is 1.88. The number of methoxy groups -OCH3 is 2. The van der Waals surface area contributed by atoms with E-state index in [0.717, 1.165) is 11.1 Å². The fourth-order valence-electron chi connectivity index (χ4n) is 2.48. The highest BCUT2D eigenvalue weighted by Crippen LogP contribution is 2.28. The highest BCUT2D eigenvalue weighted by Gasteiger charge is 2.12. The van der Waals surface area contributed by atoms with Crippen LogP contribution < -0.4 is 14.8 Å². The van der Waals surface area contributed by atoms with Gasteiger partial charge in [-0.2, -0.15) is 5.26 Å². The average Bonchev–Trinajstić information content (AvgIpc) is 2.71. The summed E-state index contributed by atoms with van der Waals surface area (Å²) >= 11 is 0. The Morgan fingerprint density at radius 1 is 1.11 bits per heavy atom. The lowest BCUT2D eigenvalue weighted by Gasteiger charge is -2.13. The molecule has 0 saturated carbocycles. The molecule has 1 unspecified atom stereocenters. The Hall–Kier alpha value is -3.52. The number of rotatable bonds is 7. The van der Waals surface area contributed by atoms with Gasteiger partial charge in [-0.25, -0.2) is 0 Å². The highest BCUT2D eigenvalue weighted by molar-refractivity contribution is 5.97. The minimum Gasteiger partial charge on any atom is -0.493 e. The van der Waals surface area contributed by atoms with Crippen molar-refractivity contribution >= 4 is 12.0 Å². The van der Waals surface area contributed by atoms with Crippen molar-refractivity contribution in [3.05, 3.63) is 77.4 Å². The number of benzene rings is 2. The number of ether oxygens (including phenoxy) is 2. The van der Waals surface area contributed by atoms with E-state index in [4.69, 9.17) is 9.47 Å². The van der Waals surface area contributed by atoms with Gasteiger partial charge in [-0.15, -0.1) is 0 Å². The van der Waals surface area contributed by atoms with Gasteiger partial charge in [0.2, 0.25) is 0 Å². The summed E-state index contributed by atoms with van der Waals surface area (Å²) in [4.78, 5) is 12.3. The van der Waals surface area contributed by atoms with Crippen LogP contribution in [0.1, 0.15) is 24.1 Å². The Labute approximate surface area is 159 Å². The van der Waals surface area contributed by atoms with Crippen LogP contribution in [-0.2, 0) is 4.79 Å². The van der Waals surface area contributed by atoms with Crippen molar-refractivity contribution < 1.29 is 14.3 Å². The number of nitriles is 1. The van der Waals surface area contributed by atoms with Crippen molar-refractivity contribution in [2.45, 2.75) is 13.0 Å². The Morgan fingerprint density at radius 2 is 1.81 bits per heavy atom. The lowest BCUT2D eigenvalue weighted by atomic mass is 10.1. The van der Waals surface area contributed by atoms with Crippen LogP contribution in [0.3, 0.4) is 0 Å². The molecule has 0 spiro atoms. The van der Waals surface area contributed by atoms with Crippen LogP contribution in [0.2, 0.25) is 0 Å². The van der Waals surface area contributed by atoms with Crippen molar-refractivity contribution in [3.8, 4) is 17.6 Å². The molecule has 2 rings (SSSR count). The summed E-state index contributed by atoms with van der Waals surface area (Å²) in [7, 11) is 3.14.